The van der Waals surface area contributed by atoms with Gasteiger partial charge in [-0.1, -0.05) is 12.2 Å². The minimum Gasteiger partial charge on any atom is -0.392 e. The normalized spacial score (nSPS) is 29.9. The lowest BCUT2D eigenvalue weighted by molar-refractivity contribution is -0.133. The van der Waals surface area contributed by atoms with Crippen molar-refractivity contribution in [3.63, 3.8) is 0 Å². The molecule has 0 aromatic carbocycles. The fraction of sp³-hybridized carbons (Fsp3) is 0.750. The van der Waals surface area contributed by atoms with Crippen LogP contribution in [0.15, 0.2) is 12.2 Å². The van der Waals surface area contributed by atoms with E-state index in [9.17, 15) is 0 Å². The van der Waals surface area contributed by atoms with Gasteiger partial charge in [0.2, 0.25) is 0 Å². The Labute approximate surface area is 66.6 Å². The topological polar surface area (TPSA) is 38.7 Å². The summed E-state index contributed by atoms with van der Waals surface area (Å²) < 4.78 is 10.7. The van der Waals surface area contributed by atoms with E-state index in [-0.39, 0.29) is 12.7 Å². The second kappa shape index (κ2) is 3.34. The molecule has 11 heavy (non-hydrogen) atoms. The van der Waals surface area contributed by atoms with Crippen molar-refractivity contribution < 1.29 is 14.6 Å². The van der Waals surface area contributed by atoms with Crippen molar-refractivity contribution in [2.45, 2.75) is 25.7 Å². The molecule has 0 saturated carbocycles. The lowest BCUT2D eigenvalue weighted by Gasteiger charge is -2.15. The molecule has 1 rings (SSSR count). The predicted molar refractivity (Wildman–Crippen MR) is 41.1 cm³/mol. The van der Waals surface area contributed by atoms with Crippen LogP contribution in [0.1, 0.15) is 13.8 Å². The van der Waals surface area contributed by atoms with Crippen molar-refractivity contribution in [1.29, 1.82) is 0 Å². The summed E-state index contributed by atoms with van der Waals surface area (Å²) in [6.45, 7) is 4.38. The van der Waals surface area contributed by atoms with E-state index in [1.807, 2.05) is 19.9 Å². The smallest absolute Gasteiger partial charge is 0.163 e. The largest absolute Gasteiger partial charge is 0.392 e. The van der Waals surface area contributed by atoms with Crippen LogP contribution in [0.4, 0.5) is 0 Å². The van der Waals surface area contributed by atoms with Crippen molar-refractivity contribution in [1.82, 2.24) is 0 Å². The number of hydrogen-bond acceptors (Lipinski definition) is 3. The second-order valence-electron chi connectivity index (χ2n) is 2.98. The average Bonchev–Trinajstić information content (AvgIpc) is 2.26. The number of hydrogen-bond donors (Lipinski definition) is 1. The molecule has 1 aliphatic heterocycles. The highest BCUT2D eigenvalue weighted by molar-refractivity contribution is 4.92. The number of aliphatic hydroxyl groups excluding tert-OH is 1. The van der Waals surface area contributed by atoms with E-state index in [1.54, 1.807) is 6.08 Å². The molecule has 0 unspecified atom stereocenters. The molecule has 1 N–H and O–H groups in total. The van der Waals surface area contributed by atoms with Gasteiger partial charge < -0.3 is 14.6 Å². The van der Waals surface area contributed by atoms with Gasteiger partial charge in [0.05, 0.1) is 13.2 Å². The molecule has 3 nitrogen and oxygen atoms in total. The van der Waals surface area contributed by atoms with Gasteiger partial charge in [0.25, 0.3) is 0 Å². The van der Waals surface area contributed by atoms with E-state index in [4.69, 9.17) is 14.6 Å². The third-order valence-corrected chi connectivity index (χ3v) is 1.49. The molecular weight excluding hydrogens is 144 g/mol. The average molecular weight is 158 g/mol. The molecule has 1 fully saturated rings. The van der Waals surface area contributed by atoms with Crippen LogP contribution in [0, 0.1) is 0 Å². The number of aliphatic hydroxyl groups is 1. The minimum absolute atomic E-state index is 0.00264. The Balaban J connectivity index is 2.36. The van der Waals surface area contributed by atoms with Gasteiger partial charge in [0.1, 0.15) is 6.10 Å². The molecule has 0 aromatic heterocycles. The highest BCUT2D eigenvalue weighted by Crippen LogP contribution is 2.22. The summed E-state index contributed by atoms with van der Waals surface area (Å²) in [5.74, 6) is -0.468. The first-order valence-electron chi connectivity index (χ1n) is 3.73. The van der Waals surface area contributed by atoms with Gasteiger partial charge in [-0.05, 0) is 13.8 Å². The maximum absolute atomic E-state index is 8.47. The van der Waals surface area contributed by atoms with E-state index >= 15 is 0 Å². The maximum atomic E-state index is 8.47. The van der Waals surface area contributed by atoms with Gasteiger partial charge in [-0.25, -0.2) is 0 Å². The van der Waals surface area contributed by atoms with Crippen LogP contribution >= 0.6 is 0 Å². The van der Waals surface area contributed by atoms with Gasteiger partial charge >= 0.3 is 0 Å². The third kappa shape index (κ3) is 2.61. The Hall–Kier alpha value is -0.380. The van der Waals surface area contributed by atoms with Crippen LogP contribution < -0.4 is 0 Å². The van der Waals surface area contributed by atoms with E-state index in [0.29, 0.717) is 6.61 Å². The molecule has 0 aliphatic carbocycles. The summed E-state index contributed by atoms with van der Waals surface area (Å²) in [5.41, 5.74) is 0. The number of ether oxygens (including phenoxy) is 2. The molecule has 0 bridgehead atoms. The Bertz CT molecular complexity index is 151. The van der Waals surface area contributed by atoms with Gasteiger partial charge in [0, 0.05) is 0 Å². The van der Waals surface area contributed by atoms with E-state index in [2.05, 4.69) is 0 Å². The molecule has 0 amide bonds. The summed E-state index contributed by atoms with van der Waals surface area (Å²) in [6.07, 6.45) is 3.47. The summed E-state index contributed by atoms with van der Waals surface area (Å²) in [7, 11) is 0. The van der Waals surface area contributed by atoms with Crippen LogP contribution in [-0.2, 0) is 9.47 Å². The summed E-state index contributed by atoms with van der Waals surface area (Å²) >= 11 is 0. The Morgan fingerprint density at radius 1 is 1.64 bits per heavy atom. The van der Waals surface area contributed by atoms with Crippen molar-refractivity contribution in [2.24, 2.45) is 0 Å². The SMILES string of the molecule is CC1(C)OC[C@@H](/C=C/CO)O1. The molecule has 1 saturated heterocycles. The van der Waals surface area contributed by atoms with E-state index in [0.717, 1.165) is 0 Å². The molecule has 1 atom stereocenters. The molecule has 0 spiro atoms. The molecule has 64 valence electrons. The van der Waals surface area contributed by atoms with Crippen molar-refractivity contribution in [3.8, 4) is 0 Å². The molecule has 1 aliphatic rings. The fourth-order valence-corrected chi connectivity index (χ4v) is 1.02. The van der Waals surface area contributed by atoms with Crippen molar-refractivity contribution in [2.75, 3.05) is 13.2 Å². The zero-order chi connectivity index (χ0) is 8.32. The predicted octanol–water partition coefficient (Wildman–Crippen LogP) is 0.686. The molecule has 0 aromatic rings. The second-order valence-corrected chi connectivity index (χ2v) is 2.98. The minimum atomic E-state index is -0.468. The van der Waals surface area contributed by atoms with Crippen LogP contribution in [0.25, 0.3) is 0 Å². The highest BCUT2D eigenvalue weighted by atomic mass is 16.7. The summed E-state index contributed by atoms with van der Waals surface area (Å²) in [6, 6.07) is 0. The van der Waals surface area contributed by atoms with Crippen LogP contribution in [0.5, 0.6) is 0 Å². The van der Waals surface area contributed by atoms with Gasteiger partial charge in [-0.15, -0.1) is 0 Å². The van der Waals surface area contributed by atoms with Gasteiger partial charge in [-0.2, -0.15) is 0 Å². The first-order valence-corrected chi connectivity index (χ1v) is 3.73. The zero-order valence-corrected chi connectivity index (χ0v) is 6.91. The van der Waals surface area contributed by atoms with E-state index in [1.165, 1.54) is 0 Å². The van der Waals surface area contributed by atoms with Gasteiger partial charge in [0.15, 0.2) is 5.79 Å². The van der Waals surface area contributed by atoms with Crippen molar-refractivity contribution >= 4 is 0 Å². The Morgan fingerprint density at radius 2 is 2.36 bits per heavy atom. The Morgan fingerprint density at radius 3 is 2.82 bits per heavy atom. The van der Waals surface area contributed by atoms with Gasteiger partial charge in [-0.3, -0.25) is 0 Å². The number of rotatable bonds is 2. The maximum Gasteiger partial charge on any atom is 0.163 e. The van der Waals surface area contributed by atoms with Crippen LogP contribution in [-0.4, -0.2) is 30.2 Å². The lowest BCUT2D eigenvalue weighted by Crippen LogP contribution is -2.20. The molecule has 1 heterocycles. The Kier molecular flexibility index (Phi) is 2.65. The fourth-order valence-electron chi connectivity index (χ4n) is 1.02. The molecular formula is C8H14O3. The quantitative estimate of drug-likeness (QED) is 0.601. The van der Waals surface area contributed by atoms with Crippen molar-refractivity contribution in [3.05, 3.63) is 12.2 Å². The lowest BCUT2D eigenvalue weighted by atomic mass is 10.3. The zero-order valence-electron chi connectivity index (χ0n) is 6.91. The molecule has 3 heteroatoms. The standard InChI is InChI=1S/C8H14O3/c1-8(2)10-6-7(11-8)4-3-5-9/h3-4,7,9H,5-6H2,1-2H3/b4-3+/t7-/m1/s1. The monoisotopic (exact) mass is 158 g/mol. The first-order chi connectivity index (χ1) is 5.14. The molecule has 0 radical (unpaired) electrons. The summed E-state index contributed by atoms with van der Waals surface area (Å²) in [5, 5.41) is 8.47. The summed E-state index contributed by atoms with van der Waals surface area (Å²) in [4.78, 5) is 0. The van der Waals surface area contributed by atoms with Crippen LogP contribution in [0.2, 0.25) is 0 Å². The van der Waals surface area contributed by atoms with Crippen LogP contribution in [0.3, 0.4) is 0 Å². The first kappa shape index (κ1) is 8.71. The third-order valence-electron chi connectivity index (χ3n) is 1.49. The van der Waals surface area contributed by atoms with E-state index < -0.39 is 5.79 Å². The highest BCUT2D eigenvalue weighted by Gasteiger charge is 2.30.